The molecule has 2 rings (SSSR count). The summed E-state index contributed by atoms with van der Waals surface area (Å²) in [7, 11) is 1.62. The maximum Gasteiger partial charge on any atom is 0.142 e. The highest BCUT2D eigenvalue weighted by atomic mass is 35.5. The molecule has 2 atom stereocenters. The van der Waals surface area contributed by atoms with E-state index >= 15 is 0 Å². The Labute approximate surface area is 134 Å². The molecule has 0 saturated carbocycles. The molecule has 3 nitrogen and oxygen atoms in total. The maximum absolute atomic E-state index is 6.07. The fourth-order valence-electron chi connectivity index (χ4n) is 2.05. The zero-order chi connectivity index (χ0) is 15.4. The van der Waals surface area contributed by atoms with E-state index in [1.807, 2.05) is 31.2 Å². The molecule has 0 amide bonds. The first-order valence-electron chi connectivity index (χ1n) is 6.53. The smallest absolute Gasteiger partial charge is 0.142 e. The fourth-order valence-corrected chi connectivity index (χ4v) is 2.34. The molecule has 0 aromatic heterocycles. The predicted octanol–water partition coefficient (Wildman–Crippen LogP) is 4.47. The van der Waals surface area contributed by atoms with Crippen LogP contribution in [0.3, 0.4) is 0 Å². The Morgan fingerprint density at radius 2 is 1.76 bits per heavy atom. The monoisotopic (exact) mass is 325 g/mol. The van der Waals surface area contributed by atoms with Gasteiger partial charge in [0.1, 0.15) is 17.6 Å². The quantitative estimate of drug-likeness (QED) is 0.882. The Kier molecular flexibility index (Phi) is 5.34. The highest BCUT2D eigenvalue weighted by molar-refractivity contribution is 6.42. The van der Waals surface area contributed by atoms with E-state index in [0.29, 0.717) is 15.8 Å². The van der Waals surface area contributed by atoms with Gasteiger partial charge in [0.05, 0.1) is 17.2 Å². The summed E-state index contributed by atoms with van der Waals surface area (Å²) in [6.07, 6.45) is -0.349. The molecular formula is C16H17Cl2NO2. The number of methoxy groups -OCH3 is 1. The third-order valence-electron chi connectivity index (χ3n) is 3.08. The van der Waals surface area contributed by atoms with Crippen molar-refractivity contribution in [3.05, 3.63) is 58.1 Å². The summed E-state index contributed by atoms with van der Waals surface area (Å²) in [6, 6.07) is 12.5. The molecule has 5 heteroatoms. The van der Waals surface area contributed by atoms with Crippen LogP contribution in [0.2, 0.25) is 10.0 Å². The number of para-hydroxylation sites is 1. The molecule has 21 heavy (non-hydrogen) atoms. The van der Waals surface area contributed by atoms with E-state index in [0.717, 1.165) is 11.3 Å². The fraction of sp³-hybridized carbons (Fsp3) is 0.250. The second-order valence-electron chi connectivity index (χ2n) is 4.72. The van der Waals surface area contributed by atoms with E-state index in [4.69, 9.17) is 38.4 Å². The van der Waals surface area contributed by atoms with E-state index in [1.54, 1.807) is 25.3 Å². The zero-order valence-corrected chi connectivity index (χ0v) is 13.4. The minimum absolute atomic E-state index is 0.226. The van der Waals surface area contributed by atoms with Crippen molar-refractivity contribution in [2.24, 2.45) is 5.73 Å². The van der Waals surface area contributed by atoms with Gasteiger partial charge < -0.3 is 15.2 Å². The van der Waals surface area contributed by atoms with Gasteiger partial charge in [-0.05, 0) is 25.1 Å². The van der Waals surface area contributed by atoms with Crippen molar-refractivity contribution in [2.75, 3.05) is 7.11 Å². The minimum Gasteiger partial charge on any atom is -0.496 e. The molecule has 0 bridgehead atoms. The van der Waals surface area contributed by atoms with Gasteiger partial charge in [-0.2, -0.15) is 0 Å². The van der Waals surface area contributed by atoms with Crippen LogP contribution in [-0.4, -0.2) is 13.2 Å². The Hall–Kier alpha value is -1.42. The first kappa shape index (κ1) is 16.0. The molecule has 2 N–H and O–H groups in total. The Morgan fingerprint density at radius 3 is 2.38 bits per heavy atom. The van der Waals surface area contributed by atoms with Gasteiger partial charge >= 0.3 is 0 Å². The molecule has 0 radical (unpaired) electrons. The van der Waals surface area contributed by atoms with Crippen molar-refractivity contribution in [3.63, 3.8) is 0 Å². The molecule has 0 aliphatic carbocycles. The van der Waals surface area contributed by atoms with Crippen molar-refractivity contribution >= 4 is 23.2 Å². The van der Waals surface area contributed by atoms with Crippen LogP contribution in [-0.2, 0) is 0 Å². The van der Waals surface area contributed by atoms with E-state index in [1.165, 1.54) is 0 Å². The van der Waals surface area contributed by atoms with Gasteiger partial charge in [0, 0.05) is 17.7 Å². The lowest BCUT2D eigenvalue weighted by molar-refractivity contribution is 0.176. The van der Waals surface area contributed by atoms with Gasteiger partial charge in [-0.3, -0.25) is 0 Å². The molecule has 0 spiro atoms. The SMILES string of the molecule is COc1ccccc1C(Oc1ccc(Cl)c(Cl)c1)C(C)N. The standard InChI is InChI=1S/C16H17Cl2NO2/c1-10(19)16(12-5-3-4-6-15(12)20-2)21-11-7-8-13(17)14(18)9-11/h3-10,16H,19H2,1-2H3. The van der Waals surface area contributed by atoms with Crippen LogP contribution >= 0.6 is 23.2 Å². The number of rotatable bonds is 5. The van der Waals surface area contributed by atoms with Crippen molar-refractivity contribution < 1.29 is 9.47 Å². The van der Waals surface area contributed by atoms with Crippen LogP contribution in [0.5, 0.6) is 11.5 Å². The van der Waals surface area contributed by atoms with Gasteiger partial charge in [0.15, 0.2) is 0 Å². The molecule has 0 aliphatic heterocycles. The lowest BCUT2D eigenvalue weighted by Crippen LogP contribution is -2.29. The summed E-state index contributed by atoms with van der Waals surface area (Å²) in [5.74, 6) is 1.34. The lowest BCUT2D eigenvalue weighted by atomic mass is 10.0. The third-order valence-corrected chi connectivity index (χ3v) is 3.82. The van der Waals surface area contributed by atoms with Crippen molar-refractivity contribution in [1.82, 2.24) is 0 Å². The average Bonchev–Trinajstić information content (AvgIpc) is 2.48. The molecule has 2 aromatic carbocycles. The molecule has 0 aliphatic rings. The maximum atomic E-state index is 6.07. The number of benzene rings is 2. The lowest BCUT2D eigenvalue weighted by Gasteiger charge is -2.24. The predicted molar refractivity (Wildman–Crippen MR) is 86.5 cm³/mol. The highest BCUT2D eigenvalue weighted by Gasteiger charge is 2.22. The average molecular weight is 326 g/mol. The molecule has 2 aromatic rings. The molecule has 0 saturated heterocycles. The largest absolute Gasteiger partial charge is 0.496 e. The summed E-state index contributed by atoms with van der Waals surface area (Å²) < 4.78 is 11.4. The van der Waals surface area contributed by atoms with Crippen LogP contribution in [0.25, 0.3) is 0 Å². The molecule has 0 heterocycles. The second kappa shape index (κ2) is 7.03. The van der Waals surface area contributed by atoms with Gasteiger partial charge in [-0.25, -0.2) is 0 Å². The summed E-state index contributed by atoms with van der Waals surface area (Å²) in [5.41, 5.74) is 6.96. The number of nitrogens with two attached hydrogens (primary N) is 1. The van der Waals surface area contributed by atoms with E-state index < -0.39 is 0 Å². The summed E-state index contributed by atoms with van der Waals surface area (Å²) >= 11 is 11.9. The van der Waals surface area contributed by atoms with E-state index in [9.17, 15) is 0 Å². The van der Waals surface area contributed by atoms with Crippen molar-refractivity contribution in [2.45, 2.75) is 19.1 Å². The third kappa shape index (κ3) is 3.82. The Morgan fingerprint density at radius 1 is 1.05 bits per heavy atom. The summed E-state index contributed by atoms with van der Waals surface area (Å²) in [4.78, 5) is 0. The summed E-state index contributed by atoms with van der Waals surface area (Å²) in [6.45, 7) is 1.88. The minimum atomic E-state index is -0.349. The van der Waals surface area contributed by atoms with Crippen molar-refractivity contribution in [1.29, 1.82) is 0 Å². The highest BCUT2D eigenvalue weighted by Crippen LogP contribution is 2.33. The van der Waals surface area contributed by atoms with E-state index in [2.05, 4.69) is 0 Å². The molecule has 2 unspecified atom stereocenters. The Balaban J connectivity index is 2.33. The van der Waals surface area contributed by atoms with Crippen LogP contribution in [0.15, 0.2) is 42.5 Å². The van der Waals surface area contributed by atoms with Crippen molar-refractivity contribution in [3.8, 4) is 11.5 Å². The van der Waals surface area contributed by atoms with Crippen LogP contribution < -0.4 is 15.2 Å². The number of ether oxygens (including phenoxy) is 2. The molecule has 112 valence electrons. The molecule has 0 fully saturated rings. The van der Waals surface area contributed by atoms with E-state index in [-0.39, 0.29) is 12.1 Å². The van der Waals surface area contributed by atoms with Gasteiger partial charge in [-0.15, -0.1) is 0 Å². The van der Waals surface area contributed by atoms with Gasteiger partial charge in [-0.1, -0.05) is 41.4 Å². The first-order chi connectivity index (χ1) is 10.0. The number of hydrogen-bond acceptors (Lipinski definition) is 3. The normalized spacial score (nSPS) is 13.6. The van der Waals surface area contributed by atoms with Gasteiger partial charge in [0.25, 0.3) is 0 Å². The summed E-state index contributed by atoms with van der Waals surface area (Å²) in [5, 5.41) is 0.927. The zero-order valence-electron chi connectivity index (χ0n) is 11.8. The van der Waals surface area contributed by atoms with Crippen LogP contribution in [0.4, 0.5) is 0 Å². The van der Waals surface area contributed by atoms with Gasteiger partial charge in [0.2, 0.25) is 0 Å². The van der Waals surface area contributed by atoms with Crippen LogP contribution in [0, 0.1) is 0 Å². The second-order valence-corrected chi connectivity index (χ2v) is 5.53. The number of halogens is 2. The first-order valence-corrected chi connectivity index (χ1v) is 7.28. The topological polar surface area (TPSA) is 44.5 Å². The molecular weight excluding hydrogens is 309 g/mol. The number of hydrogen-bond donors (Lipinski definition) is 1. The Bertz CT molecular complexity index is 617. The van der Waals surface area contributed by atoms with Crippen LogP contribution in [0.1, 0.15) is 18.6 Å².